The molecule has 2 aliphatic heterocycles. The molecule has 3 aliphatic rings. The van der Waals surface area contributed by atoms with Gasteiger partial charge >= 0.3 is 6.09 Å². The molecule has 5 rings (SSSR count). The Morgan fingerprint density at radius 2 is 2.00 bits per heavy atom. The third-order valence-electron chi connectivity index (χ3n) is 6.32. The normalized spacial score (nSPS) is 27.3. The molecule has 1 aromatic heterocycles. The fourth-order valence-electron chi connectivity index (χ4n) is 4.76. The van der Waals surface area contributed by atoms with E-state index in [0.29, 0.717) is 25.6 Å². The largest absolute Gasteiger partial charge is 0.444 e. The maximum atomic E-state index is 12.7. The second-order valence-electron chi connectivity index (χ2n) is 9.57. The SMILES string of the molecule is CC(C)(C)OC(=O)N1CC2CC2(c2ccc(N3CCOC3C(=O)n3ccnn3)cc2)C1. The number of nitrogens with zero attached hydrogens (tertiary/aromatic N) is 5. The van der Waals surface area contributed by atoms with Gasteiger partial charge in [-0.15, -0.1) is 5.10 Å². The van der Waals surface area contributed by atoms with Crippen molar-refractivity contribution in [1.82, 2.24) is 19.9 Å². The fourth-order valence-corrected chi connectivity index (χ4v) is 4.76. The van der Waals surface area contributed by atoms with Crippen molar-refractivity contribution < 1.29 is 19.1 Å². The average molecular weight is 425 g/mol. The van der Waals surface area contributed by atoms with E-state index in [2.05, 4.69) is 22.4 Å². The molecule has 1 aliphatic carbocycles. The summed E-state index contributed by atoms with van der Waals surface area (Å²) in [6.07, 6.45) is 3.13. The van der Waals surface area contributed by atoms with Gasteiger partial charge in [-0.3, -0.25) is 4.79 Å². The average Bonchev–Trinajstić information content (AvgIpc) is 3.22. The number of hydrogen-bond donors (Lipinski definition) is 0. The number of carbonyl (C=O) groups is 2. The van der Waals surface area contributed by atoms with E-state index in [1.54, 1.807) is 0 Å². The highest BCUT2D eigenvalue weighted by atomic mass is 16.6. The summed E-state index contributed by atoms with van der Waals surface area (Å²) in [6.45, 7) is 8.20. The van der Waals surface area contributed by atoms with Gasteiger partial charge in [0.2, 0.25) is 6.23 Å². The molecule has 3 heterocycles. The van der Waals surface area contributed by atoms with Crippen LogP contribution in [-0.4, -0.2) is 70.0 Å². The smallest absolute Gasteiger partial charge is 0.410 e. The lowest BCUT2D eigenvalue weighted by Crippen LogP contribution is -2.40. The minimum atomic E-state index is -0.714. The number of anilines is 1. The molecule has 9 heteroatoms. The van der Waals surface area contributed by atoms with Crippen LogP contribution in [0.1, 0.15) is 37.6 Å². The Hall–Kier alpha value is -2.94. The van der Waals surface area contributed by atoms with Crippen LogP contribution in [0.5, 0.6) is 0 Å². The third-order valence-corrected chi connectivity index (χ3v) is 6.32. The quantitative estimate of drug-likeness (QED) is 0.745. The van der Waals surface area contributed by atoms with Crippen molar-refractivity contribution in [1.29, 1.82) is 0 Å². The molecule has 0 bridgehead atoms. The second-order valence-corrected chi connectivity index (χ2v) is 9.57. The molecule has 2 saturated heterocycles. The first-order valence-corrected chi connectivity index (χ1v) is 10.6. The first-order valence-electron chi connectivity index (χ1n) is 10.6. The standard InChI is InChI=1S/C22H27N5O4/c1-21(2,3)31-20(29)25-13-16-12-22(16,14-25)15-4-6-17(7-5-15)26-10-11-30-19(26)18(28)27-9-8-23-24-27/h4-9,16,19H,10-14H2,1-3H3. The van der Waals surface area contributed by atoms with Crippen LogP contribution in [0.3, 0.4) is 0 Å². The zero-order chi connectivity index (χ0) is 21.8. The number of rotatable bonds is 3. The Morgan fingerprint density at radius 1 is 1.23 bits per heavy atom. The van der Waals surface area contributed by atoms with Gasteiger partial charge in [-0.05, 0) is 50.8 Å². The number of benzene rings is 1. The van der Waals surface area contributed by atoms with Crippen LogP contribution in [-0.2, 0) is 14.9 Å². The van der Waals surface area contributed by atoms with Gasteiger partial charge in [0.05, 0.1) is 19.0 Å². The maximum absolute atomic E-state index is 12.7. The Bertz CT molecular complexity index is 984. The summed E-state index contributed by atoms with van der Waals surface area (Å²) in [5.74, 6) is 0.214. The van der Waals surface area contributed by atoms with E-state index < -0.39 is 11.8 Å². The highest BCUT2D eigenvalue weighted by Crippen LogP contribution is 2.59. The van der Waals surface area contributed by atoms with Gasteiger partial charge in [0.25, 0.3) is 5.91 Å². The number of likely N-dealkylation sites (tertiary alicyclic amines) is 1. The van der Waals surface area contributed by atoms with Crippen LogP contribution in [0.15, 0.2) is 36.7 Å². The number of carbonyl (C=O) groups excluding carboxylic acids is 2. The fraction of sp³-hybridized carbons (Fsp3) is 0.545. The number of amides is 1. The lowest BCUT2D eigenvalue weighted by Gasteiger charge is -2.27. The van der Waals surface area contributed by atoms with Crippen LogP contribution >= 0.6 is 0 Å². The van der Waals surface area contributed by atoms with E-state index in [9.17, 15) is 9.59 Å². The van der Waals surface area contributed by atoms with E-state index in [-0.39, 0.29) is 17.4 Å². The summed E-state index contributed by atoms with van der Waals surface area (Å²) in [6, 6.07) is 8.30. The minimum Gasteiger partial charge on any atom is -0.444 e. The van der Waals surface area contributed by atoms with Crippen LogP contribution in [0.25, 0.3) is 0 Å². The third kappa shape index (κ3) is 3.56. The summed E-state index contributed by atoms with van der Waals surface area (Å²) in [5.41, 5.74) is 1.69. The zero-order valence-corrected chi connectivity index (χ0v) is 18.0. The highest BCUT2D eigenvalue weighted by Gasteiger charge is 2.62. The van der Waals surface area contributed by atoms with Gasteiger partial charge in [0.15, 0.2) is 0 Å². The van der Waals surface area contributed by atoms with Crippen LogP contribution in [0.2, 0.25) is 0 Å². The number of piperidine rings is 1. The molecule has 9 nitrogen and oxygen atoms in total. The molecule has 2 aromatic rings. The van der Waals surface area contributed by atoms with Gasteiger partial charge in [0, 0.05) is 30.7 Å². The first kappa shape index (κ1) is 20.0. The molecular weight excluding hydrogens is 398 g/mol. The molecule has 3 atom stereocenters. The van der Waals surface area contributed by atoms with Crippen molar-refractivity contribution in [3.05, 3.63) is 42.2 Å². The van der Waals surface area contributed by atoms with Crippen LogP contribution < -0.4 is 4.90 Å². The van der Waals surface area contributed by atoms with Crippen LogP contribution in [0, 0.1) is 5.92 Å². The summed E-state index contributed by atoms with van der Waals surface area (Å²) in [7, 11) is 0. The Labute approximate surface area is 180 Å². The van der Waals surface area contributed by atoms with E-state index in [1.807, 2.05) is 42.7 Å². The lowest BCUT2D eigenvalue weighted by atomic mass is 9.94. The van der Waals surface area contributed by atoms with E-state index in [1.165, 1.54) is 22.6 Å². The molecule has 3 unspecified atom stereocenters. The zero-order valence-electron chi connectivity index (χ0n) is 18.0. The van der Waals surface area contributed by atoms with E-state index >= 15 is 0 Å². The minimum absolute atomic E-state index is 0.0207. The van der Waals surface area contributed by atoms with Crippen molar-refractivity contribution in [2.24, 2.45) is 5.92 Å². The molecule has 164 valence electrons. The number of hydrogen-bond acceptors (Lipinski definition) is 7. The monoisotopic (exact) mass is 425 g/mol. The van der Waals surface area contributed by atoms with Gasteiger partial charge < -0.3 is 19.3 Å². The Kier molecular flexibility index (Phi) is 4.55. The molecular formula is C22H27N5O4. The molecule has 0 spiro atoms. The van der Waals surface area contributed by atoms with Crippen molar-refractivity contribution in [3.8, 4) is 0 Å². The van der Waals surface area contributed by atoms with Crippen molar-refractivity contribution in [3.63, 3.8) is 0 Å². The second kappa shape index (κ2) is 7.05. The molecule has 0 N–H and O–H groups in total. The summed E-state index contributed by atoms with van der Waals surface area (Å²) >= 11 is 0. The molecule has 1 saturated carbocycles. The molecule has 31 heavy (non-hydrogen) atoms. The van der Waals surface area contributed by atoms with Gasteiger partial charge in [-0.25, -0.2) is 4.79 Å². The predicted octanol–water partition coefficient (Wildman–Crippen LogP) is 2.29. The number of ether oxygens (including phenoxy) is 2. The van der Waals surface area contributed by atoms with Gasteiger partial charge in [-0.1, -0.05) is 17.3 Å². The summed E-state index contributed by atoms with van der Waals surface area (Å²) < 4.78 is 12.4. The lowest BCUT2D eigenvalue weighted by molar-refractivity contribution is 0.0270. The van der Waals surface area contributed by atoms with Crippen molar-refractivity contribution in [2.75, 3.05) is 31.1 Å². The van der Waals surface area contributed by atoms with E-state index in [4.69, 9.17) is 9.47 Å². The summed E-state index contributed by atoms with van der Waals surface area (Å²) in [5, 5.41) is 7.48. The molecule has 3 fully saturated rings. The van der Waals surface area contributed by atoms with Crippen molar-refractivity contribution in [2.45, 2.75) is 44.4 Å². The molecule has 0 radical (unpaired) electrons. The predicted molar refractivity (Wildman–Crippen MR) is 112 cm³/mol. The first-order chi connectivity index (χ1) is 14.8. The number of fused-ring (bicyclic) bond motifs is 1. The van der Waals surface area contributed by atoms with Gasteiger partial charge in [-0.2, -0.15) is 4.68 Å². The number of aromatic nitrogens is 3. The Balaban J connectivity index is 1.29. The maximum Gasteiger partial charge on any atom is 0.410 e. The highest BCUT2D eigenvalue weighted by molar-refractivity contribution is 5.85. The topological polar surface area (TPSA) is 89.8 Å². The van der Waals surface area contributed by atoms with Crippen LogP contribution in [0.4, 0.5) is 10.5 Å². The Morgan fingerprint density at radius 3 is 2.68 bits per heavy atom. The molecule has 1 aromatic carbocycles. The summed E-state index contributed by atoms with van der Waals surface area (Å²) in [4.78, 5) is 28.9. The van der Waals surface area contributed by atoms with Gasteiger partial charge in [0.1, 0.15) is 5.60 Å². The molecule has 1 amide bonds. The van der Waals surface area contributed by atoms with Crippen molar-refractivity contribution >= 4 is 17.7 Å². The van der Waals surface area contributed by atoms with E-state index in [0.717, 1.165) is 18.7 Å².